The Morgan fingerprint density at radius 2 is 1.88 bits per heavy atom. The summed E-state index contributed by atoms with van der Waals surface area (Å²) in [6.07, 6.45) is 0.648. The number of aryl methyl sites for hydroxylation is 1. The van der Waals surface area contributed by atoms with Crippen LogP contribution in [0.25, 0.3) is 11.1 Å². The molecule has 0 aliphatic rings. The van der Waals surface area contributed by atoms with Gasteiger partial charge in [-0.15, -0.1) is 0 Å². The molecule has 0 unspecified atom stereocenters. The second-order valence-electron chi connectivity index (χ2n) is 3.80. The van der Waals surface area contributed by atoms with Crippen molar-refractivity contribution in [2.45, 2.75) is 6.92 Å². The molecule has 0 aliphatic carbocycles. The van der Waals surface area contributed by atoms with Gasteiger partial charge >= 0.3 is 0 Å². The van der Waals surface area contributed by atoms with Crippen LogP contribution in [0.4, 0.5) is 8.78 Å². The van der Waals surface area contributed by atoms with Gasteiger partial charge in [0, 0.05) is 5.56 Å². The number of carbonyl (C=O) groups is 1. The van der Waals surface area contributed by atoms with Crippen LogP contribution in [0.5, 0.6) is 0 Å². The lowest BCUT2D eigenvalue weighted by atomic mass is 10.0. The molecule has 0 amide bonds. The maximum atomic E-state index is 13.9. The first-order valence-corrected chi connectivity index (χ1v) is 5.13. The molecule has 0 saturated heterocycles. The number of halogens is 2. The third-order valence-electron chi connectivity index (χ3n) is 2.60. The van der Waals surface area contributed by atoms with E-state index >= 15 is 0 Å². The minimum absolute atomic E-state index is 0.0892. The molecule has 0 bridgehead atoms. The third-order valence-corrected chi connectivity index (χ3v) is 2.60. The highest BCUT2D eigenvalue weighted by Gasteiger charge is 2.13. The molecular weight excluding hydrogens is 222 g/mol. The molecule has 2 aromatic rings. The van der Waals surface area contributed by atoms with Gasteiger partial charge in [-0.3, -0.25) is 4.79 Å². The topological polar surface area (TPSA) is 17.1 Å². The van der Waals surface area contributed by atoms with E-state index in [4.69, 9.17) is 0 Å². The molecule has 0 aromatic heterocycles. The van der Waals surface area contributed by atoms with Crippen LogP contribution in [0.2, 0.25) is 0 Å². The molecule has 17 heavy (non-hydrogen) atoms. The van der Waals surface area contributed by atoms with Crippen molar-refractivity contribution in [1.29, 1.82) is 0 Å². The van der Waals surface area contributed by atoms with E-state index in [1.165, 1.54) is 18.2 Å². The van der Waals surface area contributed by atoms with Gasteiger partial charge in [-0.05, 0) is 30.2 Å². The maximum absolute atomic E-state index is 13.9. The zero-order valence-corrected chi connectivity index (χ0v) is 9.21. The highest BCUT2D eigenvalue weighted by Crippen LogP contribution is 2.28. The van der Waals surface area contributed by atoms with Crippen LogP contribution in [0.3, 0.4) is 0 Å². The Hall–Kier alpha value is -2.03. The second kappa shape index (κ2) is 4.45. The molecule has 0 aliphatic heterocycles. The van der Waals surface area contributed by atoms with Gasteiger partial charge in [-0.25, -0.2) is 8.78 Å². The van der Waals surface area contributed by atoms with Crippen LogP contribution in [0.15, 0.2) is 36.4 Å². The zero-order valence-electron chi connectivity index (χ0n) is 9.21. The monoisotopic (exact) mass is 232 g/mol. The van der Waals surface area contributed by atoms with Gasteiger partial charge in [0.2, 0.25) is 0 Å². The Bertz CT molecular complexity index is 576. The van der Waals surface area contributed by atoms with Gasteiger partial charge in [-0.2, -0.15) is 0 Å². The summed E-state index contributed by atoms with van der Waals surface area (Å²) in [5.41, 5.74) is 1.04. The predicted octanol–water partition coefficient (Wildman–Crippen LogP) is 3.75. The first kappa shape index (κ1) is 11.5. The fourth-order valence-corrected chi connectivity index (χ4v) is 1.69. The quantitative estimate of drug-likeness (QED) is 0.720. The molecule has 0 radical (unpaired) electrons. The fourth-order valence-electron chi connectivity index (χ4n) is 1.69. The van der Waals surface area contributed by atoms with Crippen molar-refractivity contribution < 1.29 is 13.6 Å². The average Bonchev–Trinajstić information content (AvgIpc) is 2.35. The highest BCUT2D eigenvalue weighted by molar-refractivity contribution is 5.79. The lowest BCUT2D eigenvalue weighted by Crippen LogP contribution is -1.94. The Balaban J connectivity index is 2.67. The average molecular weight is 232 g/mol. The minimum Gasteiger partial charge on any atom is -0.298 e. The van der Waals surface area contributed by atoms with E-state index in [1.54, 1.807) is 25.1 Å². The minimum atomic E-state index is -0.629. The van der Waals surface area contributed by atoms with Crippen molar-refractivity contribution >= 4 is 6.29 Å². The van der Waals surface area contributed by atoms with Crippen LogP contribution in [-0.4, -0.2) is 6.29 Å². The number of benzene rings is 2. The second-order valence-corrected chi connectivity index (χ2v) is 3.80. The molecule has 86 valence electrons. The zero-order chi connectivity index (χ0) is 12.4. The van der Waals surface area contributed by atoms with Gasteiger partial charge in [0.25, 0.3) is 0 Å². The maximum Gasteiger partial charge on any atom is 0.150 e. The third kappa shape index (κ3) is 2.09. The smallest absolute Gasteiger partial charge is 0.150 e. The van der Waals surface area contributed by atoms with Crippen LogP contribution < -0.4 is 0 Å². The largest absolute Gasteiger partial charge is 0.298 e. The molecule has 2 aromatic carbocycles. The summed E-state index contributed by atoms with van der Waals surface area (Å²) in [5, 5.41) is 0. The summed E-state index contributed by atoms with van der Waals surface area (Å²) in [4.78, 5) is 10.6. The molecular formula is C14H10F2O. The Kier molecular flexibility index (Phi) is 3.00. The van der Waals surface area contributed by atoms with Gasteiger partial charge in [0.05, 0.1) is 5.56 Å². The van der Waals surface area contributed by atoms with Gasteiger partial charge < -0.3 is 0 Å². The normalized spacial score (nSPS) is 10.3. The van der Waals surface area contributed by atoms with Crippen molar-refractivity contribution in [2.75, 3.05) is 0 Å². The van der Waals surface area contributed by atoms with E-state index in [0.717, 1.165) is 0 Å². The van der Waals surface area contributed by atoms with Gasteiger partial charge in [0.15, 0.2) is 0 Å². The molecule has 0 spiro atoms. The first-order valence-electron chi connectivity index (χ1n) is 5.13. The molecule has 3 heteroatoms. The number of carbonyl (C=O) groups excluding carboxylic acids is 1. The number of rotatable bonds is 2. The number of hydrogen-bond acceptors (Lipinski definition) is 1. The van der Waals surface area contributed by atoms with E-state index in [0.29, 0.717) is 23.0 Å². The van der Waals surface area contributed by atoms with Crippen molar-refractivity contribution in [2.24, 2.45) is 0 Å². The molecule has 0 saturated carbocycles. The van der Waals surface area contributed by atoms with Crippen molar-refractivity contribution in [3.05, 3.63) is 59.2 Å². The Morgan fingerprint density at radius 1 is 1.12 bits per heavy atom. The summed E-state index contributed by atoms with van der Waals surface area (Å²) in [6.45, 7) is 1.57. The molecule has 2 rings (SSSR count). The SMILES string of the molecule is Cc1ccc(F)c(-c2cccc(C=O)c2)c1F. The van der Waals surface area contributed by atoms with Crippen LogP contribution in [-0.2, 0) is 0 Å². The Morgan fingerprint density at radius 3 is 2.59 bits per heavy atom. The Labute approximate surface area is 97.7 Å². The highest BCUT2D eigenvalue weighted by atomic mass is 19.1. The molecule has 0 N–H and O–H groups in total. The first-order chi connectivity index (χ1) is 8.13. The van der Waals surface area contributed by atoms with E-state index < -0.39 is 11.6 Å². The summed E-state index contributed by atoms with van der Waals surface area (Å²) in [6, 6.07) is 8.84. The molecule has 0 heterocycles. The van der Waals surface area contributed by atoms with E-state index in [2.05, 4.69) is 0 Å². The van der Waals surface area contributed by atoms with Crippen LogP contribution in [0.1, 0.15) is 15.9 Å². The summed E-state index contributed by atoms with van der Waals surface area (Å²) < 4.78 is 27.5. The standard InChI is InChI=1S/C14H10F2O/c1-9-5-6-12(15)13(14(9)16)11-4-2-3-10(7-11)8-17/h2-8H,1H3. The number of aldehydes is 1. The summed E-state index contributed by atoms with van der Waals surface area (Å²) in [7, 11) is 0. The summed E-state index contributed by atoms with van der Waals surface area (Å²) >= 11 is 0. The summed E-state index contributed by atoms with van der Waals surface area (Å²) in [5.74, 6) is -1.22. The predicted molar refractivity (Wildman–Crippen MR) is 61.9 cm³/mol. The van der Waals surface area contributed by atoms with Gasteiger partial charge in [-0.1, -0.05) is 24.3 Å². The van der Waals surface area contributed by atoms with E-state index in [-0.39, 0.29) is 5.56 Å². The van der Waals surface area contributed by atoms with Crippen molar-refractivity contribution in [3.63, 3.8) is 0 Å². The van der Waals surface area contributed by atoms with Gasteiger partial charge in [0.1, 0.15) is 17.9 Å². The van der Waals surface area contributed by atoms with Crippen LogP contribution >= 0.6 is 0 Å². The fraction of sp³-hybridized carbons (Fsp3) is 0.0714. The van der Waals surface area contributed by atoms with E-state index in [1.807, 2.05) is 0 Å². The molecule has 1 nitrogen and oxygen atoms in total. The molecule has 0 atom stereocenters. The lowest BCUT2D eigenvalue weighted by molar-refractivity contribution is 0.112. The van der Waals surface area contributed by atoms with Crippen molar-refractivity contribution in [3.8, 4) is 11.1 Å². The number of hydrogen-bond donors (Lipinski definition) is 0. The molecule has 0 fully saturated rings. The van der Waals surface area contributed by atoms with E-state index in [9.17, 15) is 13.6 Å². The van der Waals surface area contributed by atoms with Crippen molar-refractivity contribution in [1.82, 2.24) is 0 Å². The lowest BCUT2D eigenvalue weighted by Gasteiger charge is -2.07. The van der Waals surface area contributed by atoms with Crippen LogP contribution in [0, 0.1) is 18.6 Å².